The monoisotopic (exact) mass is 614 g/mol. The maximum Gasteiger partial charge on any atom is 0.240 e. The molecule has 0 radical (unpaired) electrons. The Morgan fingerprint density at radius 3 is 2.29 bits per heavy atom. The van der Waals surface area contributed by atoms with Crippen LogP contribution in [0.3, 0.4) is 0 Å². The van der Waals surface area contributed by atoms with Crippen LogP contribution in [-0.4, -0.2) is 43.6 Å². The van der Waals surface area contributed by atoms with Crippen LogP contribution < -0.4 is 25.4 Å². The molecular weight excluding hydrogens is 578 g/mol. The number of piperidine rings is 1. The van der Waals surface area contributed by atoms with Gasteiger partial charge in [-0.15, -0.1) is 0 Å². The zero-order chi connectivity index (χ0) is 31.6. The van der Waals surface area contributed by atoms with Crippen LogP contribution in [0.2, 0.25) is 0 Å². The largest absolute Gasteiger partial charge is 0.493 e. The van der Waals surface area contributed by atoms with E-state index in [0.717, 1.165) is 42.4 Å². The second kappa shape index (κ2) is 12.8. The summed E-state index contributed by atoms with van der Waals surface area (Å²) < 4.78 is 40.7. The summed E-state index contributed by atoms with van der Waals surface area (Å²) >= 11 is 0. The van der Waals surface area contributed by atoms with Crippen LogP contribution in [0, 0.1) is 23.0 Å². The molecule has 4 aromatic rings. The van der Waals surface area contributed by atoms with E-state index < -0.39 is 28.9 Å². The fraction of sp³-hybridized carbons (Fsp3) is 0.343. The fourth-order valence-electron chi connectivity index (χ4n) is 5.92. The lowest BCUT2D eigenvalue weighted by Crippen LogP contribution is -2.35. The van der Waals surface area contributed by atoms with Gasteiger partial charge in [0.2, 0.25) is 11.8 Å². The number of anilines is 2. The first-order valence-corrected chi connectivity index (χ1v) is 15.3. The third-order valence-corrected chi connectivity index (χ3v) is 8.91. The van der Waals surface area contributed by atoms with Crippen molar-refractivity contribution in [3.05, 3.63) is 89.6 Å². The molecule has 234 valence electrons. The Balaban J connectivity index is 1.17. The Kier molecular flexibility index (Phi) is 8.67. The number of amides is 2. The molecule has 3 aromatic carbocycles. The number of methoxy groups -OCH3 is 1. The van der Waals surface area contributed by atoms with Crippen LogP contribution in [-0.2, 0) is 9.59 Å². The minimum atomic E-state index is -1.25. The minimum absolute atomic E-state index is 0.256. The SMILES string of the molecule is COc1cc2c(C(C)c3ccc(NC(=O)C4(C(=O)Nc5ccc(F)cc5)CC4)cc3F)ccnc2cc1OCC1CCNCC1. The first kappa shape index (κ1) is 30.5. The number of carbonyl (C=O) groups excluding carboxylic acids is 2. The predicted octanol–water partition coefficient (Wildman–Crippen LogP) is 6.41. The van der Waals surface area contributed by atoms with Gasteiger partial charge in [0, 0.05) is 34.9 Å². The number of hydrogen-bond donors (Lipinski definition) is 3. The third-order valence-electron chi connectivity index (χ3n) is 8.91. The molecule has 1 unspecified atom stereocenters. The van der Waals surface area contributed by atoms with Crippen LogP contribution in [0.15, 0.2) is 66.9 Å². The van der Waals surface area contributed by atoms with Crippen LogP contribution in [0.1, 0.15) is 49.7 Å². The summed E-state index contributed by atoms with van der Waals surface area (Å²) in [5.41, 5.74) is 1.44. The van der Waals surface area contributed by atoms with Gasteiger partial charge in [-0.1, -0.05) is 13.0 Å². The molecule has 3 N–H and O–H groups in total. The van der Waals surface area contributed by atoms with Gasteiger partial charge in [-0.05, 0) is 104 Å². The molecule has 2 amide bonds. The summed E-state index contributed by atoms with van der Waals surface area (Å²) in [5, 5.41) is 9.58. The van der Waals surface area contributed by atoms with Gasteiger partial charge in [0.15, 0.2) is 11.5 Å². The van der Waals surface area contributed by atoms with Gasteiger partial charge in [0.25, 0.3) is 0 Å². The van der Waals surface area contributed by atoms with Crippen LogP contribution in [0.25, 0.3) is 10.9 Å². The van der Waals surface area contributed by atoms with E-state index >= 15 is 4.39 Å². The zero-order valence-corrected chi connectivity index (χ0v) is 25.3. The van der Waals surface area contributed by atoms with Gasteiger partial charge in [-0.3, -0.25) is 14.6 Å². The Labute approximate surface area is 260 Å². The smallest absolute Gasteiger partial charge is 0.240 e. The average Bonchev–Trinajstić information content (AvgIpc) is 3.87. The quantitative estimate of drug-likeness (QED) is 0.179. The highest BCUT2D eigenvalue weighted by Crippen LogP contribution is 2.47. The number of fused-ring (bicyclic) bond motifs is 1. The lowest BCUT2D eigenvalue weighted by Gasteiger charge is -2.23. The summed E-state index contributed by atoms with van der Waals surface area (Å²) in [4.78, 5) is 30.6. The first-order chi connectivity index (χ1) is 21.8. The number of ether oxygens (including phenoxy) is 2. The summed E-state index contributed by atoms with van der Waals surface area (Å²) in [6, 6.07) is 15.5. The van der Waals surface area contributed by atoms with Gasteiger partial charge in [-0.25, -0.2) is 8.78 Å². The molecule has 2 heterocycles. The highest BCUT2D eigenvalue weighted by molar-refractivity contribution is 6.16. The van der Waals surface area contributed by atoms with Crippen LogP contribution >= 0.6 is 0 Å². The Bertz CT molecular complexity index is 1720. The normalized spacial score (nSPS) is 16.5. The fourth-order valence-corrected chi connectivity index (χ4v) is 5.92. The summed E-state index contributed by atoms with van der Waals surface area (Å²) in [6.07, 6.45) is 4.57. The van der Waals surface area contributed by atoms with E-state index in [0.29, 0.717) is 48.1 Å². The number of hydrogen-bond acceptors (Lipinski definition) is 6. The molecule has 0 bridgehead atoms. The van der Waals surface area contributed by atoms with E-state index in [1.807, 2.05) is 25.1 Å². The molecule has 1 aliphatic heterocycles. The molecule has 1 saturated carbocycles. The maximum absolute atomic E-state index is 15.6. The molecule has 6 rings (SSSR count). The molecule has 1 aliphatic carbocycles. The molecule has 1 atom stereocenters. The van der Waals surface area contributed by atoms with Crippen molar-refractivity contribution in [2.45, 2.75) is 38.5 Å². The number of halogens is 2. The molecule has 2 fully saturated rings. The van der Waals surface area contributed by atoms with Gasteiger partial charge in [-0.2, -0.15) is 0 Å². The lowest BCUT2D eigenvalue weighted by molar-refractivity contribution is -0.131. The molecule has 1 aromatic heterocycles. The summed E-state index contributed by atoms with van der Waals surface area (Å²) in [7, 11) is 1.60. The second-order valence-corrected chi connectivity index (χ2v) is 11.9. The van der Waals surface area contributed by atoms with Crippen molar-refractivity contribution >= 4 is 34.1 Å². The summed E-state index contributed by atoms with van der Waals surface area (Å²) in [6.45, 7) is 4.50. The van der Waals surface area contributed by atoms with Gasteiger partial charge in [0.1, 0.15) is 17.0 Å². The number of nitrogens with zero attached hydrogens (tertiary/aromatic N) is 1. The first-order valence-electron chi connectivity index (χ1n) is 15.3. The standard InChI is InChI=1S/C35H36F2N4O4/c1-21(26-11-16-39-30-19-32(31(44-2)18-28(26)30)45-20-22-9-14-38-15-10-22)27-8-7-25(17-29(27)37)41-34(43)35(12-13-35)33(42)40-24-5-3-23(36)4-6-24/h3-8,11,16-19,21-22,38H,9-10,12-15,20H2,1-2H3,(H,40,42)(H,41,43). The zero-order valence-electron chi connectivity index (χ0n) is 25.3. The number of pyridine rings is 1. The maximum atomic E-state index is 15.6. The third kappa shape index (κ3) is 6.47. The van der Waals surface area contributed by atoms with E-state index in [-0.39, 0.29) is 11.6 Å². The van der Waals surface area contributed by atoms with E-state index in [4.69, 9.17) is 9.47 Å². The van der Waals surface area contributed by atoms with E-state index in [2.05, 4.69) is 20.9 Å². The number of benzene rings is 3. The van der Waals surface area contributed by atoms with Crippen molar-refractivity contribution in [2.75, 3.05) is 37.4 Å². The molecule has 0 spiro atoms. The average molecular weight is 615 g/mol. The van der Waals surface area contributed by atoms with Gasteiger partial charge in [0.05, 0.1) is 19.2 Å². The lowest BCUT2D eigenvalue weighted by atomic mass is 9.90. The van der Waals surface area contributed by atoms with Gasteiger partial charge >= 0.3 is 0 Å². The summed E-state index contributed by atoms with van der Waals surface area (Å²) in [5.74, 6) is -0.534. The molecule has 2 aliphatic rings. The van der Waals surface area contributed by atoms with Crippen molar-refractivity contribution < 1.29 is 27.8 Å². The minimum Gasteiger partial charge on any atom is -0.493 e. The molecule has 8 nitrogen and oxygen atoms in total. The van der Waals surface area contributed by atoms with E-state index in [9.17, 15) is 14.0 Å². The number of aromatic nitrogens is 1. The number of carbonyl (C=O) groups is 2. The van der Waals surface area contributed by atoms with E-state index in [1.54, 1.807) is 25.4 Å². The van der Waals surface area contributed by atoms with Crippen molar-refractivity contribution in [2.24, 2.45) is 11.3 Å². The Morgan fingerprint density at radius 2 is 1.62 bits per heavy atom. The van der Waals surface area contributed by atoms with E-state index in [1.165, 1.54) is 30.3 Å². The molecule has 1 saturated heterocycles. The van der Waals surface area contributed by atoms with Crippen LogP contribution in [0.5, 0.6) is 11.5 Å². The van der Waals surface area contributed by atoms with Crippen molar-refractivity contribution in [1.29, 1.82) is 0 Å². The Morgan fingerprint density at radius 1 is 0.933 bits per heavy atom. The van der Waals surface area contributed by atoms with Crippen molar-refractivity contribution in [3.63, 3.8) is 0 Å². The second-order valence-electron chi connectivity index (χ2n) is 11.9. The number of rotatable bonds is 10. The number of nitrogens with one attached hydrogen (secondary N) is 3. The molecule has 45 heavy (non-hydrogen) atoms. The Hall–Kier alpha value is -4.57. The highest BCUT2D eigenvalue weighted by Gasteiger charge is 2.56. The van der Waals surface area contributed by atoms with Crippen molar-refractivity contribution in [3.8, 4) is 11.5 Å². The van der Waals surface area contributed by atoms with Gasteiger partial charge < -0.3 is 25.4 Å². The van der Waals surface area contributed by atoms with Crippen molar-refractivity contribution in [1.82, 2.24) is 10.3 Å². The molecular formula is C35H36F2N4O4. The highest BCUT2D eigenvalue weighted by atomic mass is 19.1. The van der Waals surface area contributed by atoms with Crippen LogP contribution in [0.4, 0.5) is 20.2 Å². The topological polar surface area (TPSA) is 102 Å². The molecule has 10 heteroatoms. The predicted molar refractivity (Wildman–Crippen MR) is 169 cm³/mol.